The molecule has 0 bridgehead atoms. The summed E-state index contributed by atoms with van der Waals surface area (Å²) in [5.41, 5.74) is 0.519. The highest BCUT2D eigenvalue weighted by molar-refractivity contribution is 5.93. The van der Waals surface area contributed by atoms with Gasteiger partial charge in [-0.1, -0.05) is 18.2 Å². The van der Waals surface area contributed by atoms with Gasteiger partial charge in [0.2, 0.25) is 17.5 Å². The van der Waals surface area contributed by atoms with Crippen molar-refractivity contribution in [1.82, 2.24) is 4.98 Å². The van der Waals surface area contributed by atoms with E-state index < -0.39 is 37.0 Å². The van der Waals surface area contributed by atoms with Gasteiger partial charge in [0.15, 0.2) is 0 Å². The van der Waals surface area contributed by atoms with Crippen LogP contribution in [0.4, 0.5) is 5.88 Å². The van der Waals surface area contributed by atoms with Crippen LogP contribution in [0.2, 0.25) is 0 Å². The Labute approximate surface area is 167 Å². The number of aromatic nitrogens is 1. The molecule has 5 N–H and O–H groups in total. The first-order valence-corrected chi connectivity index (χ1v) is 9.07. The number of hydrogen-bond acceptors (Lipinski definition) is 10. The van der Waals surface area contributed by atoms with Crippen LogP contribution < -0.4 is 4.90 Å². The second kappa shape index (κ2) is 10.3. The fourth-order valence-electron chi connectivity index (χ4n) is 2.64. The molecular formula is C19H26N2O8. The third-order valence-corrected chi connectivity index (χ3v) is 4.23. The summed E-state index contributed by atoms with van der Waals surface area (Å²) < 4.78 is 10.7. The van der Waals surface area contributed by atoms with E-state index >= 15 is 0 Å². The van der Waals surface area contributed by atoms with Gasteiger partial charge in [-0.05, 0) is 19.1 Å². The van der Waals surface area contributed by atoms with Crippen LogP contribution in [0.25, 0.3) is 11.5 Å². The predicted octanol–water partition coefficient (Wildman–Crippen LogP) is -0.610. The number of esters is 1. The van der Waals surface area contributed by atoms with Crippen molar-refractivity contribution in [2.45, 2.75) is 31.3 Å². The van der Waals surface area contributed by atoms with Crippen LogP contribution in [0.3, 0.4) is 0 Å². The van der Waals surface area contributed by atoms with E-state index in [1.54, 1.807) is 31.2 Å². The van der Waals surface area contributed by atoms with E-state index in [1.165, 1.54) is 11.9 Å². The zero-order valence-electron chi connectivity index (χ0n) is 16.2. The second-order valence-electron chi connectivity index (χ2n) is 6.44. The lowest BCUT2D eigenvalue weighted by Crippen LogP contribution is -2.49. The summed E-state index contributed by atoms with van der Waals surface area (Å²) in [6.45, 7) is 0.720. The minimum absolute atomic E-state index is 0.00532. The number of carbonyl (C=O) groups is 1. The molecule has 1 aromatic carbocycles. The van der Waals surface area contributed by atoms with Crippen LogP contribution in [0.15, 0.2) is 34.7 Å². The number of oxazole rings is 1. The molecule has 0 spiro atoms. The monoisotopic (exact) mass is 410 g/mol. The van der Waals surface area contributed by atoms with Crippen molar-refractivity contribution >= 4 is 11.9 Å². The molecule has 0 radical (unpaired) electrons. The van der Waals surface area contributed by atoms with Crippen molar-refractivity contribution in [2.75, 3.05) is 31.7 Å². The summed E-state index contributed by atoms with van der Waals surface area (Å²) in [7, 11) is 1.49. The lowest BCUT2D eigenvalue weighted by molar-refractivity contribution is -0.112. The second-order valence-corrected chi connectivity index (χ2v) is 6.44. The van der Waals surface area contributed by atoms with Crippen molar-refractivity contribution in [3.8, 4) is 11.5 Å². The summed E-state index contributed by atoms with van der Waals surface area (Å²) in [6, 6.07) is 8.86. The average Bonchev–Trinajstić information content (AvgIpc) is 3.18. The lowest BCUT2D eigenvalue weighted by Gasteiger charge is -2.28. The molecule has 4 atom stereocenters. The molecule has 10 heteroatoms. The Morgan fingerprint density at radius 3 is 2.34 bits per heavy atom. The first-order chi connectivity index (χ1) is 13.8. The predicted molar refractivity (Wildman–Crippen MR) is 102 cm³/mol. The Bertz CT molecular complexity index is 782. The van der Waals surface area contributed by atoms with E-state index in [-0.39, 0.29) is 30.6 Å². The number of rotatable bonds is 10. The van der Waals surface area contributed by atoms with E-state index in [2.05, 4.69) is 4.98 Å². The number of likely N-dealkylation sites (N-methyl/N-ethyl adjacent to an activating group) is 1. The number of benzene rings is 1. The number of ether oxygens (including phenoxy) is 1. The molecule has 0 unspecified atom stereocenters. The van der Waals surface area contributed by atoms with Gasteiger partial charge in [0, 0.05) is 19.2 Å². The Morgan fingerprint density at radius 2 is 1.76 bits per heavy atom. The summed E-state index contributed by atoms with van der Waals surface area (Å²) in [4.78, 5) is 17.8. The quantitative estimate of drug-likeness (QED) is 0.320. The molecule has 0 amide bonds. The molecule has 10 nitrogen and oxygen atoms in total. The molecule has 1 aromatic heterocycles. The van der Waals surface area contributed by atoms with E-state index in [4.69, 9.17) is 14.3 Å². The molecule has 0 aliphatic rings. The third kappa shape index (κ3) is 5.52. The molecule has 0 saturated carbocycles. The maximum absolute atomic E-state index is 12.3. The van der Waals surface area contributed by atoms with Crippen LogP contribution >= 0.6 is 0 Å². The Morgan fingerprint density at radius 1 is 1.14 bits per heavy atom. The first kappa shape index (κ1) is 22.8. The van der Waals surface area contributed by atoms with Crippen molar-refractivity contribution < 1.29 is 39.5 Å². The van der Waals surface area contributed by atoms with Gasteiger partial charge in [0.25, 0.3) is 0 Å². The highest BCUT2D eigenvalue weighted by Gasteiger charge is 2.32. The third-order valence-electron chi connectivity index (χ3n) is 4.23. The zero-order chi connectivity index (χ0) is 21.6. The van der Waals surface area contributed by atoms with Gasteiger partial charge in [0.05, 0.1) is 13.2 Å². The standard InChI is InChI=1S/C19H26N2O8/c1-3-28-19(27)14-18(29-17(20-14)11-7-5-4-6-8-11)21(2)9-12(23)15(25)16(26)13(24)10-22/h4-8,12-13,15-16,22-26H,3,9-10H2,1-2H3/t12-,13+,15-,16-/m0/s1. The summed E-state index contributed by atoms with van der Waals surface area (Å²) in [5, 5.41) is 48.2. The van der Waals surface area contributed by atoms with Gasteiger partial charge >= 0.3 is 5.97 Å². The van der Waals surface area contributed by atoms with E-state index in [1.807, 2.05) is 6.07 Å². The van der Waals surface area contributed by atoms with Crippen LogP contribution in [0.1, 0.15) is 17.4 Å². The molecule has 1 heterocycles. The number of carbonyl (C=O) groups excluding carboxylic acids is 1. The molecule has 2 rings (SSSR count). The Kier molecular flexibility index (Phi) is 8.11. The number of anilines is 1. The fraction of sp³-hybridized carbons (Fsp3) is 0.474. The molecule has 29 heavy (non-hydrogen) atoms. The topological polar surface area (TPSA) is 157 Å². The molecule has 0 aliphatic carbocycles. The summed E-state index contributed by atoms with van der Waals surface area (Å²) in [6.07, 6.45) is -6.66. The molecule has 2 aromatic rings. The van der Waals surface area contributed by atoms with E-state index in [9.17, 15) is 25.2 Å². The molecule has 160 valence electrons. The van der Waals surface area contributed by atoms with Crippen molar-refractivity contribution in [1.29, 1.82) is 0 Å². The van der Waals surface area contributed by atoms with Crippen molar-refractivity contribution in [3.63, 3.8) is 0 Å². The molecule has 0 aliphatic heterocycles. The van der Waals surface area contributed by atoms with Crippen molar-refractivity contribution in [2.24, 2.45) is 0 Å². The normalized spacial score (nSPS) is 15.4. The van der Waals surface area contributed by atoms with E-state index in [0.717, 1.165) is 0 Å². The maximum Gasteiger partial charge on any atom is 0.362 e. The van der Waals surface area contributed by atoms with Gasteiger partial charge in [-0.15, -0.1) is 0 Å². The van der Waals surface area contributed by atoms with Gasteiger partial charge in [-0.25, -0.2) is 4.79 Å². The largest absolute Gasteiger partial charge is 0.461 e. The number of aliphatic hydroxyl groups excluding tert-OH is 5. The smallest absolute Gasteiger partial charge is 0.362 e. The van der Waals surface area contributed by atoms with Crippen LogP contribution in [-0.4, -0.2) is 87.7 Å². The first-order valence-electron chi connectivity index (χ1n) is 9.07. The number of hydrogen-bond donors (Lipinski definition) is 5. The van der Waals surface area contributed by atoms with Gasteiger partial charge in [0.1, 0.15) is 24.4 Å². The maximum atomic E-state index is 12.3. The fourth-order valence-corrected chi connectivity index (χ4v) is 2.64. The highest BCUT2D eigenvalue weighted by atomic mass is 16.5. The van der Waals surface area contributed by atoms with Crippen LogP contribution in [-0.2, 0) is 4.74 Å². The van der Waals surface area contributed by atoms with Crippen LogP contribution in [0.5, 0.6) is 0 Å². The Hall–Kier alpha value is -2.50. The van der Waals surface area contributed by atoms with Crippen LogP contribution in [0, 0.1) is 0 Å². The summed E-state index contributed by atoms with van der Waals surface area (Å²) >= 11 is 0. The average molecular weight is 410 g/mol. The molecular weight excluding hydrogens is 384 g/mol. The van der Waals surface area contributed by atoms with Gasteiger partial charge in [-0.2, -0.15) is 4.98 Å². The SMILES string of the molecule is CCOC(=O)c1nc(-c2ccccc2)oc1N(C)C[C@H](O)[C@H](O)[C@@H](O)[C@H](O)CO. The molecule has 0 fully saturated rings. The minimum Gasteiger partial charge on any atom is -0.461 e. The summed E-state index contributed by atoms with van der Waals surface area (Å²) in [5.74, 6) is -0.543. The molecule has 0 saturated heterocycles. The van der Waals surface area contributed by atoms with E-state index in [0.29, 0.717) is 5.56 Å². The number of nitrogens with zero attached hydrogens (tertiary/aromatic N) is 2. The minimum atomic E-state index is -1.76. The number of aliphatic hydroxyl groups is 5. The van der Waals surface area contributed by atoms with Gasteiger partial charge < -0.3 is 39.6 Å². The van der Waals surface area contributed by atoms with Gasteiger partial charge in [-0.3, -0.25) is 0 Å². The Balaban J connectivity index is 2.26. The highest BCUT2D eigenvalue weighted by Crippen LogP contribution is 2.28. The lowest BCUT2D eigenvalue weighted by atomic mass is 10.0. The van der Waals surface area contributed by atoms with Crippen molar-refractivity contribution in [3.05, 3.63) is 36.0 Å². The zero-order valence-corrected chi connectivity index (χ0v) is 16.2.